The van der Waals surface area contributed by atoms with E-state index < -0.39 is 0 Å². The smallest absolute Gasteiger partial charge is 0.0165 e. The minimum atomic E-state index is 1.02. The molecule has 68 valence electrons. The summed E-state index contributed by atoms with van der Waals surface area (Å²) in [5.74, 6) is 3.48. The maximum Gasteiger partial charge on any atom is 0.0165 e. The molecule has 0 aliphatic heterocycles. The molecule has 11 heavy (non-hydrogen) atoms. The largest absolute Gasteiger partial charge is 0.309 e. The second-order valence-corrected chi connectivity index (χ2v) is 5.67. The Kier molecular flexibility index (Phi) is 9.94. The fourth-order valence-electron chi connectivity index (χ4n) is 0.461. The highest BCUT2D eigenvalue weighted by atomic mass is 33.1. The molecular weight excluding hydrogens is 194 g/mol. The maximum absolute atomic E-state index is 4.15. The highest BCUT2D eigenvalue weighted by Crippen LogP contribution is 2.21. The van der Waals surface area contributed by atoms with Crippen LogP contribution in [0, 0.1) is 0 Å². The van der Waals surface area contributed by atoms with Gasteiger partial charge in [-0.2, -0.15) is 12.6 Å². The maximum atomic E-state index is 4.15. The van der Waals surface area contributed by atoms with Crippen LogP contribution in [-0.2, 0) is 0 Å². The first kappa shape index (κ1) is 12.0. The van der Waals surface area contributed by atoms with Crippen LogP contribution in [0.4, 0.5) is 0 Å². The van der Waals surface area contributed by atoms with Crippen LogP contribution in [0.25, 0.3) is 0 Å². The Labute approximate surface area is 83.5 Å². The molecule has 0 aromatic carbocycles. The van der Waals surface area contributed by atoms with Gasteiger partial charge in [0, 0.05) is 18.1 Å². The predicted octanol–water partition coefficient (Wildman–Crippen LogP) is 2.25. The monoisotopic (exact) mass is 211 g/mol. The van der Waals surface area contributed by atoms with Crippen molar-refractivity contribution >= 4 is 34.2 Å². The van der Waals surface area contributed by atoms with Gasteiger partial charge in [0.15, 0.2) is 0 Å². The van der Waals surface area contributed by atoms with Crippen LogP contribution in [0.15, 0.2) is 0 Å². The molecule has 0 amide bonds. The first-order chi connectivity index (χ1) is 5.27. The summed E-state index contributed by atoms with van der Waals surface area (Å²) >= 11 is 4.15. The Morgan fingerprint density at radius 3 is 2.36 bits per heavy atom. The quantitative estimate of drug-likeness (QED) is 0.391. The zero-order chi connectivity index (χ0) is 8.53. The Morgan fingerprint density at radius 1 is 1.18 bits per heavy atom. The van der Waals surface area contributed by atoms with Crippen molar-refractivity contribution in [1.82, 2.24) is 4.90 Å². The molecule has 0 aromatic rings. The first-order valence-corrected chi connectivity index (χ1v) is 6.89. The molecule has 0 aliphatic rings. The Morgan fingerprint density at radius 2 is 1.82 bits per heavy atom. The molecule has 1 nitrogen and oxygen atoms in total. The zero-order valence-electron chi connectivity index (χ0n) is 7.25. The van der Waals surface area contributed by atoms with Gasteiger partial charge in [0.05, 0.1) is 0 Å². The van der Waals surface area contributed by atoms with Gasteiger partial charge in [0.1, 0.15) is 0 Å². The normalized spacial score (nSPS) is 10.9. The van der Waals surface area contributed by atoms with Crippen molar-refractivity contribution in [3.8, 4) is 0 Å². The SMILES string of the molecule is CN(C)CCSSCCCS. The lowest BCUT2D eigenvalue weighted by molar-refractivity contribution is 0.438. The van der Waals surface area contributed by atoms with Gasteiger partial charge in [-0.05, 0) is 26.3 Å². The van der Waals surface area contributed by atoms with E-state index in [1.54, 1.807) is 0 Å². The van der Waals surface area contributed by atoms with Crippen LogP contribution >= 0.6 is 34.2 Å². The standard InChI is InChI=1S/C7H17NS3/c1-8(2)4-7-11-10-6-3-5-9/h9H,3-7H2,1-2H3. The second kappa shape index (κ2) is 9.10. The van der Waals surface area contributed by atoms with Crippen molar-refractivity contribution in [2.24, 2.45) is 0 Å². The molecule has 0 rings (SSSR count). The molecule has 0 heterocycles. The number of hydrogen-bond acceptors (Lipinski definition) is 4. The third kappa shape index (κ3) is 11.0. The molecule has 4 heteroatoms. The van der Waals surface area contributed by atoms with Crippen molar-refractivity contribution in [3.63, 3.8) is 0 Å². The number of thiol groups is 1. The van der Waals surface area contributed by atoms with Gasteiger partial charge < -0.3 is 4.90 Å². The van der Waals surface area contributed by atoms with Gasteiger partial charge in [-0.25, -0.2) is 0 Å². The van der Waals surface area contributed by atoms with Crippen LogP contribution in [0.5, 0.6) is 0 Å². The van der Waals surface area contributed by atoms with Gasteiger partial charge in [-0.15, -0.1) is 0 Å². The van der Waals surface area contributed by atoms with Gasteiger partial charge in [-0.1, -0.05) is 21.6 Å². The third-order valence-corrected chi connectivity index (χ3v) is 3.88. The van der Waals surface area contributed by atoms with Gasteiger partial charge in [0.25, 0.3) is 0 Å². The topological polar surface area (TPSA) is 3.24 Å². The fraction of sp³-hybridized carbons (Fsp3) is 1.00. The molecule has 0 saturated heterocycles. The lowest BCUT2D eigenvalue weighted by atomic mass is 10.6. The van der Waals surface area contributed by atoms with E-state index in [9.17, 15) is 0 Å². The summed E-state index contributed by atoms with van der Waals surface area (Å²) in [7, 11) is 8.14. The minimum absolute atomic E-state index is 1.02. The molecule has 0 spiro atoms. The average Bonchev–Trinajstić information content (AvgIpc) is 1.96. The molecule has 0 radical (unpaired) electrons. The van der Waals surface area contributed by atoms with Crippen LogP contribution in [-0.4, -0.2) is 42.8 Å². The van der Waals surface area contributed by atoms with Gasteiger partial charge >= 0.3 is 0 Å². The molecule has 0 bridgehead atoms. The highest BCUT2D eigenvalue weighted by Gasteiger charge is 1.91. The van der Waals surface area contributed by atoms with E-state index >= 15 is 0 Å². The molecule has 0 fully saturated rings. The minimum Gasteiger partial charge on any atom is -0.309 e. The molecule has 0 saturated carbocycles. The second-order valence-electron chi connectivity index (χ2n) is 2.52. The zero-order valence-corrected chi connectivity index (χ0v) is 9.77. The Balaban J connectivity index is 2.80. The van der Waals surface area contributed by atoms with E-state index in [1.165, 1.54) is 24.5 Å². The van der Waals surface area contributed by atoms with Crippen LogP contribution in [0.2, 0.25) is 0 Å². The number of rotatable bonds is 7. The highest BCUT2D eigenvalue weighted by molar-refractivity contribution is 8.76. The first-order valence-electron chi connectivity index (χ1n) is 3.77. The molecule has 0 aliphatic carbocycles. The van der Waals surface area contributed by atoms with E-state index in [-0.39, 0.29) is 0 Å². The van der Waals surface area contributed by atoms with Gasteiger partial charge in [-0.3, -0.25) is 0 Å². The van der Waals surface area contributed by atoms with Crippen LogP contribution < -0.4 is 0 Å². The summed E-state index contributed by atoms with van der Waals surface area (Å²) in [4.78, 5) is 2.21. The van der Waals surface area contributed by atoms with E-state index in [0.717, 1.165) is 5.75 Å². The lowest BCUT2D eigenvalue weighted by Crippen LogP contribution is -2.14. The van der Waals surface area contributed by atoms with Crippen LogP contribution in [0.3, 0.4) is 0 Å². The van der Waals surface area contributed by atoms with Crippen molar-refractivity contribution in [1.29, 1.82) is 0 Å². The molecule has 0 unspecified atom stereocenters. The van der Waals surface area contributed by atoms with Crippen LogP contribution in [0.1, 0.15) is 6.42 Å². The van der Waals surface area contributed by atoms with E-state index in [0.29, 0.717) is 0 Å². The van der Waals surface area contributed by atoms with Crippen molar-refractivity contribution < 1.29 is 0 Å². The summed E-state index contributed by atoms with van der Waals surface area (Å²) in [5.41, 5.74) is 0. The molecular formula is C7H17NS3. The predicted molar refractivity (Wildman–Crippen MR) is 61.9 cm³/mol. The fourth-order valence-corrected chi connectivity index (χ4v) is 3.06. The van der Waals surface area contributed by atoms with E-state index in [2.05, 4.69) is 31.6 Å². The van der Waals surface area contributed by atoms with E-state index in [1.807, 2.05) is 21.6 Å². The number of hydrogen-bond donors (Lipinski definition) is 1. The Bertz CT molecular complexity index is 78.1. The third-order valence-electron chi connectivity index (χ3n) is 1.09. The Hall–Kier alpha value is 1.01. The summed E-state index contributed by atoms with van der Waals surface area (Å²) in [6, 6.07) is 0. The molecule has 0 aromatic heterocycles. The van der Waals surface area contributed by atoms with Gasteiger partial charge in [0.2, 0.25) is 0 Å². The summed E-state index contributed by atoms with van der Waals surface area (Å²) in [6.07, 6.45) is 1.22. The van der Waals surface area contributed by atoms with E-state index in [4.69, 9.17) is 0 Å². The summed E-state index contributed by atoms with van der Waals surface area (Å²) in [6.45, 7) is 1.18. The van der Waals surface area contributed by atoms with Crippen molar-refractivity contribution in [3.05, 3.63) is 0 Å². The van der Waals surface area contributed by atoms with Crippen molar-refractivity contribution in [2.45, 2.75) is 6.42 Å². The van der Waals surface area contributed by atoms with Crippen molar-refractivity contribution in [2.75, 3.05) is 37.9 Å². The molecule has 0 N–H and O–H groups in total. The summed E-state index contributed by atoms with van der Waals surface area (Å²) < 4.78 is 0. The molecule has 0 atom stereocenters. The lowest BCUT2D eigenvalue weighted by Gasteiger charge is -2.07. The average molecular weight is 211 g/mol. The summed E-state index contributed by atoms with van der Waals surface area (Å²) in [5, 5.41) is 0. The number of nitrogens with zero attached hydrogens (tertiary/aromatic N) is 1.